The van der Waals surface area contributed by atoms with E-state index >= 15 is 0 Å². The third-order valence-corrected chi connectivity index (χ3v) is 22.1. The van der Waals surface area contributed by atoms with Gasteiger partial charge in [-0.15, -0.1) is 0 Å². The Balaban J connectivity index is 2.67. The predicted octanol–water partition coefficient (Wildman–Crippen LogP) is 9.05. The molecule has 2 N–H and O–H groups in total. The first-order chi connectivity index (χ1) is 17.2. The minimum absolute atomic E-state index is 0.0342. The SMILES string of the molecule is CC(C)[Si](OC1CC(c2ccncc2N)OC(CI)C1O[Si](C(C)C)(C(C)C)C(C)C)(C(C)C)C(C)C. The normalized spacial score (nSPS) is 23.9. The lowest BCUT2D eigenvalue weighted by molar-refractivity contribution is -0.152. The van der Waals surface area contributed by atoms with Gasteiger partial charge in [-0.1, -0.05) is 106 Å². The Labute approximate surface area is 243 Å². The smallest absolute Gasteiger partial charge is 0.201 e. The van der Waals surface area contributed by atoms with Crippen molar-refractivity contribution in [3.63, 3.8) is 0 Å². The van der Waals surface area contributed by atoms with Crippen molar-refractivity contribution in [1.82, 2.24) is 4.98 Å². The molecular formula is C29H55IN2O3Si2. The summed E-state index contributed by atoms with van der Waals surface area (Å²) in [6.07, 6.45) is 4.00. The highest BCUT2D eigenvalue weighted by Crippen LogP contribution is 2.49. The number of halogens is 1. The molecule has 2 rings (SSSR count). The van der Waals surface area contributed by atoms with Crippen LogP contribution in [0.4, 0.5) is 5.69 Å². The standard InChI is InChI=1S/C29H55IN2O3Si2/c1-18(2)36(19(3)4,20(5)6)34-27-15-26(24-13-14-32-17-25(24)31)33-28(16-30)29(27)35-37(21(7)8,22(9)10)23(11)12/h13-14,17-23,26-29H,15-16,31H2,1-12H3. The van der Waals surface area contributed by atoms with E-state index in [2.05, 4.69) is 111 Å². The van der Waals surface area contributed by atoms with E-state index in [1.807, 2.05) is 12.3 Å². The van der Waals surface area contributed by atoms with Crippen LogP contribution in [-0.2, 0) is 13.6 Å². The van der Waals surface area contributed by atoms with Crippen LogP contribution in [0.2, 0.25) is 33.2 Å². The molecule has 1 aliphatic rings. The lowest BCUT2D eigenvalue weighted by Gasteiger charge is -2.53. The predicted molar refractivity (Wildman–Crippen MR) is 172 cm³/mol. The van der Waals surface area contributed by atoms with Crippen LogP contribution in [0, 0.1) is 0 Å². The van der Waals surface area contributed by atoms with Crippen molar-refractivity contribution in [3.8, 4) is 0 Å². The molecule has 0 aromatic carbocycles. The highest BCUT2D eigenvalue weighted by molar-refractivity contribution is 14.1. The number of hydrogen-bond donors (Lipinski definition) is 1. The van der Waals surface area contributed by atoms with Gasteiger partial charge in [-0.3, -0.25) is 4.98 Å². The van der Waals surface area contributed by atoms with E-state index in [0.29, 0.717) is 38.9 Å². The number of nitrogen functional groups attached to an aromatic ring is 1. The number of anilines is 1. The minimum Gasteiger partial charge on any atom is -0.410 e. The Morgan fingerprint density at radius 2 is 1.32 bits per heavy atom. The summed E-state index contributed by atoms with van der Waals surface area (Å²) in [6.45, 7) is 28.4. The Morgan fingerprint density at radius 3 is 1.73 bits per heavy atom. The molecule has 214 valence electrons. The van der Waals surface area contributed by atoms with Crippen molar-refractivity contribution in [1.29, 1.82) is 0 Å². The number of ether oxygens (including phenoxy) is 1. The highest BCUT2D eigenvalue weighted by Gasteiger charge is 2.54. The number of nitrogens with two attached hydrogens (primary N) is 1. The Kier molecular flexibility index (Phi) is 12.2. The summed E-state index contributed by atoms with van der Waals surface area (Å²) in [7, 11) is -4.33. The zero-order chi connectivity index (χ0) is 28.3. The first-order valence-electron chi connectivity index (χ1n) is 14.4. The average molecular weight is 663 g/mol. The van der Waals surface area contributed by atoms with Gasteiger partial charge in [0.1, 0.15) is 0 Å². The highest BCUT2D eigenvalue weighted by atomic mass is 127. The van der Waals surface area contributed by atoms with Gasteiger partial charge in [-0.25, -0.2) is 0 Å². The van der Waals surface area contributed by atoms with Gasteiger partial charge in [0, 0.05) is 22.6 Å². The van der Waals surface area contributed by atoms with E-state index in [-0.39, 0.29) is 24.4 Å². The van der Waals surface area contributed by atoms with Gasteiger partial charge >= 0.3 is 0 Å². The molecule has 1 aliphatic heterocycles. The molecule has 4 atom stereocenters. The van der Waals surface area contributed by atoms with Crippen molar-refractivity contribution in [3.05, 3.63) is 24.0 Å². The lowest BCUT2D eigenvalue weighted by atomic mass is 9.94. The van der Waals surface area contributed by atoms with Crippen molar-refractivity contribution in [2.75, 3.05) is 10.2 Å². The van der Waals surface area contributed by atoms with Crippen LogP contribution in [0.3, 0.4) is 0 Å². The van der Waals surface area contributed by atoms with Gasteiger partial charge in [-0.05, 0) is 39.3 Å². The molecule has 37 heavy (non-hydrogen) atoms. The van der Waals surface area contributed by atoms with E-state index in [9.17, 15) is 0 Å². The third kappa shape index (κ3) is 6.67. The molecule has 0 spiro atoms. The Morgan fingerprint density at radius 1 is 0.865 bits per heavy atom. The molecule has 0 radical (unpaired) electrons. The molecule has 1 aromatic heterocycles. The zero-order valence-electron chi connectivity index (χ0n) is 25.5. The van der Waals surface area contributed by atoms with E-state index in [1.54, 1.807) is 6.20 Å². The Bertz CT molecular complexity index is 807. The van der Waals surface area contributed by atoms with Crippen molar-refractivity contribution < 1.29 is 13.6 Å². The van der Waals surface area contributed by atoms with Crippen molar-refractivity contribution in [2.45, 2.75) is 147 Å². The molecule has 1 aromatic rings. The number of rotatable bonds is 12. The number of pyridine rings is 1. The second-order valence-corrected chi connectivity index (χ2v) is 24.6. The first kappa shape index (κ1) is 33.2. The first-order valence-corrected chi connectivity index (χ1v) is 20.2. The molecule has 5 nitrogen and oxygen atoms in total. The maximum atomic E-state index is 7.58. The monoisotopic (exact) mass is 662 g/mol. The summed E-state index contributed by atoms with van der Waals surface area (Å²) < 4.78 is 22.8. The fourth-order valence-electron chi connectivity index (χ4n) is 7.54. The topological polar surface area (TPSA) is 66.6 Å². The number of alkyl halides is 1. The average Bonchev–Trinajstić information content (AvgIpc) is 2.79. The van der Waals surface area contributed by atoms with Gasteiger partial charge in [0.15, 0.2) is 0 Å². The zero-order valence-corrected chi connectivity index (χ0v) is 29.7. The van der Waals surface area contributed by atoms with Crippen LogP contribution in [0.5, 0.6) is 0 Å². The second-order valence-electron chi connectivity index (χ2n) is 12.9. The molecule has 2 heterocycles. The molecule has 1 fully saturated rings. The lowest BCUT2D eigenvalue weighted by Crippen LogP contribution is -2.61. The largest absolute Gasteiger partial charge is 0.410 e. The molecular weight excluding hydrogens is 607 g/mol. The van der Waals surface area contributed by atoms with Crippen molar-refractivity contribution >= 4 is 44.9 Å². The van der Waals surface area contributed by atoms with E-state index in [4.69, 9.17) is 19.3 Å². The minimum atomic E-state index is -2.17. The Hall–Kier alpha value is -0.00623. The number of nitrogens with zero attached hydrogens (tertiary/aromatic N) is 1. The summed E-state index contributed by atoms with van der Waals surface area (Å²) in [5.74, 6) is 0. The van der Waals surface area contributed by atoms with E-state index < -0.39 is 16.6 Å². The second kappa shape index (κ2) is 13.6. The van der Waals surface area contributed by atoms with Gasteiger partial charge in [0.25, 0.3) is 0 Å². The van der Waals surface area contributed by atoms with Gasteiger partial charge in [0.05, 0.1) is 36.3 Å². The van der Waals surface area contributed by atoms with Gasteiger partial charge in [0.2, 0.25) is 16.6 Å². The molecule has 0 saturated carbocycles. The fourth-order valence-corrected chi connectivity index (χ4v) is 19.4. The molecule has 0 amide bonds. The molecule has 8 heteroatoms. The van der Waals surface area contributed by atoms with Crippen LogP contribution in [0.1, 0.15) is 101 Å². The van der Waals surface area contributed by atoms with Crippen LogP contribution in [-0.4, -0.2) is 44.4 Å². The molecule has 0 aliphatic carbocycles. The quantitative estimate of drug-likeness (QED) is 0.137. The number of aromatic nitrogens is 1. The number of hydrogen-bond acceptors (Lipinski definition) is 5. The van der Waals surface area contributed by atoms with Crippen molar-refractivity contribution in [2.24, 2.45) is 0 Å². The molecule has 4 unspecified atom stereocenters. The van der Waals surface area contributed by atoms with E-state index in [1.165, 1.54) is 0 Å². The fraction of sp³-hybridized carbons (Fsp3) is 0.828. The summed E-state index contributed by atoms with van der Waals surface area (Å²) in [4.78, 5) is 4.22. The summed E-state index contributed by atoms with van der Waals surface area (Å²) in [5.41, 5.74) is 11.1. The maximum Gasteiger partial charge on any atom is 0.201 e. The van der Waals surface area contributed by atoms with E-state index in [0.717, 1.165) is 16.4 Å². The van der Waals surface area contributed by atoms with Crippen LogP contribution in [0.25, 0.3) is 0 Å². The van der Waals surface area contributed by atoms with Gasteiger partial charge < -0.3 is 19.3 Å². The molecule has 1 saturated heterocycles. The summed E-state index contributed by atoms with van der Waals surface area (Å²) >= 11 is 2.47. The summed E-state index contributed by atoms with van der Waals surface area (Å²) in [5, 5.41) is 0. The van der Waals surface area contributed by atoms with Crippen LogP contribution >= 0.6 is 22.6 Å². The maximum absolute atomic E-state index is 7.58. The van der Waals surface area contributed by atoms with Gasteiger partial charge in [-0.2, -0.15) is 0 Å². The molecule has 0 bridgehead atoms. The van der Waals surface area contributed by atoms with Crippen LogP contribution < -0.4 is 5.73 Å². The van der Waals surface area contributed by atoms with Crippen LogP contribution in [0.15, 0.2) is 18.5 Å². The summed E-state index contributed by atoms with van der Waals surface area (Å²) in [6, 6.07) is 2.01. The third-order valence-electron chi connectivity index (χ3n) is 9.01.